The van der Waals surface area contributed by atoms with Crippen molar-refractivity contribution in [1.82, 2.24) is 0 Å². The summed E-state index contributed by atoms with van der Waals surface area (Å²) in [4.78, 5) is 10.2. The summed E-state index contributed by atoms with van der Waals surface area (Å²) in [5.74, 6) is -1.23. The van der Waals surface area contributed by atoms with E-state index in [1.165, 1.54) is 0 Å². The molecule has 1 aromatic rings. The van der Waals surface area contributed by atoms with Gasteiger partial charge in [-0.1, -0.05) is 30.3 Å². The van der Waals surface area contributed by atoms with Crippen LogP contribution in [0.25, 0.3) is 0 Å². The molecule has 0 aliphatic carbocycles. The predicted molar refractivity (Wildman–Crippen MR) is 39.0 cm³/mol. The first kappa shape index (κ1) is 11.2. The average molecular weight is 208 g/mol. The van der Waals surface area contributed by atoms with Gasteiger partial charge in [0.05, 0.1) is 0 Å². The molecule has 1 atom stereocenters. The van der Waals surface area contributed by atoms with Gasteiger partial charge in [0.15, 0.2) is 6.10 Å². The minimum atomic E-state index is -1.41. The van der Waals surface area contributed by atoms with E-state index in [0.717, 1.165) is 0 Å². The van der Waals surface area contributed by atoms with E-state index >= 15 is 0 Å². The summed E-state index contributed by atoms with van der Waals surface area (Å²) in [6.07, 6.45) is -1.41. The zero-order chi connectivity index (χ0) is 8.27. The van der Waals surface area contributed by atoms with Crippen LogP contribution in [0.2, 0.25) is 0 Å². The van der Waals surface area contributed by atoms with Crippen molar-refractivity contribution in [2.45, 2.75) is 6.10 Å². The molecule has 0 bridgehead atoms. The Morgan fingerprint density at radius 1 is 1.25 bits per heavy atom. The van der Waals surface area contributed by atoms with Gasteiger partial charge < -0.3 is 10.2 Å². The first-order chi connectivity index (χ1) is 5.22. The Hall–Kier alpha value is -0.831. The molecule has 12 heavy (non-hydrogen) atoms. The maximum Gasteiger partial charge on any atom is 0.337 e. The molecule has 1 rings (SSSR count). The van der Waals surface area contributed by atoms with Crippen molar-refractivity contribution in [2.24, 2.45) is 0 Å². The van der Waals surface area contributed by atoms with Crippen molar-refractivity contribution >= 4 is 5.97 Å². The van der Waals surface area contributed by atoms with Gasteiger partial charge in [-0.3, -0.25) is 0 Å². The fourth-order valence-electron chi connectivity index (χ4n) is 0.778. The molecule has 0 spiro atoms. The summed E-state index contributed by atoms with van der Waals surface area (Å²) >= 11 is 0. The van der Waals surface area contributed by atoms with Crippen molar-refractivity contribution in [1.29, 1.82) is 0 Å². The fraction of sp³-hybridized carbons (Fsp3) is 0.125. The van der Waals surface area contributed by atoms with Gasteiger partial charge >= 0.3 is 5.97 Å². The molecule has 0 amide bonds. The second-order valence-electron chi connectivity index (χ2n) is 2.15. The van der Waals surface area contributed by atoms with Crippen LogP contribution in [0.5, 0.6) is 0 Å². The van der Waals surface area contributed by atoms with Crippen molar-refractivity contribution in [3.63, 3.8) is 0 Å². The Labute approximate surface area is 80.5 Å². The number of carboxylic acids is 1. The molecule has 0 aromatic heterocycles. The van der Waals surface area contributed by atoms with Gasteiger partial charge in [0.1, 0.15) is 0 Å². The largest absolute Gasteiger partial charge is 0.479 e. The number of hydrogen-bond acceptors (Lipinski definition) is 2. The summed E-state index contributed by atoms with van der Waals surface area (Å²) in [5, 5.41) is 17.4. The Balaban J connectivity index is 0.00000121. The van der Waals surface area contributed by atoms with E-state index in [1.807, 2.05) is 0 Å². The molecule has 1 aromatic carbocycles. The molecule has 2 N–H and O–H groups in total. The third-order valence-electron chi connectivity index (χ3n) is 1.35. The normalized spacial score (nSPS) is 11.4. The second-order valence-corrected chi connectivity index (χ2v) is 2.15. The molecule has 0 fully saturated rings. The van der Waals surface area contributed by atoms with Crippen LogP contribution in [0.1, 0.15) is 11.7 Å². The van der Waals surface area contributed by atoms with Gasteiger partial charge in [0.25, 0.3) is 0 Å². The topological polar surface area (TPSA) is 57.5 Å². The van der Waals surface area contributed by atoms with E-state index in [-0.39, 0.29) is 17.1 Å². The van der Waals surface area contributed by atoms with Gasteiger partial charge in [-0.15, -0.1) is 0 Å². The molecule has 0 saturated heterocycles. The standard InChI is InChI=1S/C8H8O3.Fe/c9-7(8(10)11)6-4-2-1-3-5-6;/h1-5,7,9H,(H,10,11);/t7-;/m1./s1. The van der Waals surface area contributed by atoms with Crippen LogP contribution in [0.15, 0.2) is 30.3 Å². The molecular weight excluding hydrogens is 200 g/mol. The van der Waals surface area contributed by atoms with E-state index in [9.17, 15) is 4.79 Å². The van der Waals surface area contributed by atoms with Gasteiger partial charge in [-0.05, 0) is 5.56 Å². The summed E-state index contributed by atoms with van der Waals surface area (Å²) in [6, 6.07) is 8.26. The number of aliphatic hydroxyl groups is 1. The first-order valence-electron chi connectivity index (χ1n) is 3.17. The van der Waals surface area contributed by atoms with E-state index in [0.29, 0.717) is 5.56 Å². The Bertz CT molecular complexity index is 248. The van der Waals surface area contributed by atoms with Crippen LogP contribution in [0.3, 0.4) is 0 Å². The number of hydrogen-bond donors (Lipinski definition) is 2. The number of benzene rings is 1. The van der Waals surface area contributed by atoms with Crippen LogP contribution in [0.4, 0.5) is 0 Å². The summed E-state index contributed by atoms with van der Waals surface area (Å²) in [7, 11) is 0. The maximum atomic E-state index is 10.2. The fourth-order valence-corrected chi connectivity index (χ4v) is 0.778. The minimum Gasteiger partial charge on any atom is -0.479 e. The molecule has 0 aliphatic heterocycles. The van der Waals surface area contributed by atoms with Gasteiger partial charge in [0.2, 0.25) is 0 Å². The Morgan fingerprint density at radius 3 is 2.17 bits per heavy atom. The Kier molecular flexibility index (Phi) is 4.59. The number of carboxylic acid groups (broad SMARTS) is 1. The predicted octanol–water partition coefficient (Wildman–Crippen LogP) is 0.802. The maximum absolute atomic E-state index is 10.2. The van der Waals surface area contributed by atoms with Crippen LogP contribution < -0.4 is 0 Å². The summed E-state index contributed by atoms with van der Waals surface area (Å²) in [5.41, 5.74) is 0.403. The zero-order valence-corrected chi connectivity index (χ0v) is 7.22. The van der Waals surface area contributed by atoms with Gasteiger partial charge in [-0.2, -0.15) is 0 Å². The van der Waals surface area contributed by atoms with Crippen molar-refractivity contribution in [3.8, 4) is 0 Å². The smallest absolute Gasteiger partial charge is 0.337 e. The van der Waals surface area contributed by atoms with E-state index < -0.39 is 12.1 Å². The summed E-state index contributed by atoms with van der Waals surface area (Å²) < 4.78 is 0. The molecule has 0 saturated carbocycles. The monoisotopic (exact) mass is 208 g/mol. The van der Waals surface area contributed by atoms with Crippen LogP contribution in [-0.2, 0) is 21.9 Å². The zero-order valence-electron chi connectivity index (χ0n) is 6.12. The third kappa shape index (κ3) is 2.66. The molecule has 0 unspecified atom stereocenters. The number of carbonyl (C=O) groups is 1. The van der Waals surface area contributed by atoms with Crippen molar-refractivity contribution in [2.75, 3.05) is 0 Å². The number of rotatable bonds is 2. The van der Waals surface area contributed by atoms with Crippen LogP contribution in [0, 0.1) is 0 Å². The molecule has 0 heterocycles. The van der Waals surface area contributed by atoms with E-state index in [2.05, 4.69) is 0 Å². The second kappa shape index (κ2) is 4.93. The minimum absolute atomic E-state index is 0. The molecular formula is C8H8FeO3. The quantitative estimate of drug-likeness (QED) is 0.706. The summed E-state index contributed by atoms with van der Waals surface area (Å²) in [6.45, 7) is 0. The van der Waals surface area contributed by atoms with Gasteiger partial charge in [-0.25, -0.2) is 4.79 Å². The molecule has 0 radical (unpaired) electrons. The van der Waals surface area contributed by atoms with Crippen LogP contribution in [-0.4, -0.2) is 16.2 Å². The van der Waals surface area contributed by atoms with E-state index in [1.54, 1.807) is 30.3 Å². The molecule has 66 valence electrons. The number of aliphatic carboxylic acids is 1. The molecule has 3 nitrogen and oxygen atoms in total. The van der Waals surface area contributed by atoms with Crippen molar-refractivity contribution in [3.05, 3.63) is 35.9 Å². The first-order valence-corrected chi connectivity index (χ1v) is 3.17. The Morgan fingerprint density at radius 2 is 1.75 bits per heavy atom. The van der Waals surface area contributed by atoms with Gasteiger partial charge in [0, 0.05) is 17.1 Å². The average Bonchev–Trinajstić information content (AvgIpc) is 2.05. The van der Waals surface area contributed by atoms with Crippen molar-refractivity contribution < 1.29 is 32.1 Å². The molecule has 0 aliphatic rings. The number of aliphatic hydroxyl groups excluding tert-OH is 1. The molecule has 4 heteroatoms. The third-order valence-corrected chi connectivity index (χ3v) is 1.35. The van der Waals surface area contributed by atoms with Crippen LogP contribution >= 0.6 is 0 Å². The van der Waals surface area contributed by atoms with E-state index in [4.69, 9.17) is 10.2 Å². The SMILES string of the molecule is O=C(O)[C@H](O)c1ccccc1.[Fe].